The summed E-state index contributed by atoms with van der Waals surface area (Å²) in [6.07, 6.45) is 6.27. The molecule has 8 saturated heterocycles. The van der Waals surface area contributed by atoms with Gasteiger partial charge in [0.1, 0.15) is 0 Å². The molecule has 2 spiro atoms. The lowest BCUT2D eigenvalue weighted by Gasteiger charge is -2.59. The Labute approximate surface area is 234 Å². The van der Waals surface area contributed by atoms with Crippen LogP contribution < -0.4 is 0 Å². The van der Waals surface area contributed by atoms with Gasteiger partial charge in [0.05, 0.1) is 11.8 Å². The average molecular weight is 563 g/mol. The maximum Gasteiger partial charge on any atom is 0.311 e. The predicted octanol–water partition coefficient (Wildman–Crippen LogP) is 4.54. The van der Waals surface area contributed by atoms with E-state index in [9.17, 15) is 9.59 Å². The molecule has 14 atom stereocenters. The number of carbonyl (C=O) groups is 2. The minimum atomic E-state index is -0.917. The molecule has 0 N–H and O–H groups in total. The van der Waals surface area contributed by atoms with Crippen molar-refractivity contribution in [2.45, 2.75) is 127 Å². The summed E-state index contributed by atoms with van der Waals surface area (Å²) in [5.41, 5.74) is -1.65. The molecule has 10 aliphatic rings. The standard InChI is InChI=1S/C30H42O10/c1-15-5-9-21-17(23(31)33-25-29(21)19(15)11-13-27(3,35-25)37-39-29)7-8-18-22-10-6-16(2)20-12-14-28(4)36-26(34-24(18)32)30(20,22)40-38-28/h15-22,25-26H,5-14H2,1-4H3/t15-,16-,17?,18?,19+,20+,21+,22+,25-,26-,27-,28-,29-,30-/m1/s1. The molecule has 2 saturated carbocycles. The molecular weight excluding hydrogens is 520 g/mol. The maximum atomic E-state index is 13.6. The Hall–Kier alpha value is -1.30. The van der Waals surface area contributed by atoms with E-state index in [1.165, 1.54) is 0 Å². The Kier molecular flexibility index (Phi) is 5.68. The molecule has 8 aliphatic heterocycles. The molecule has 10 fully saturated rings. The van der Waals surface area contributed by atoms with Crippen LogP contribution in [0.2, 0.25) is 0 Å². The predicted molar refractivity (Wildman–Crippen MR) is 134 cm³/mol. The number of hydrogen-bond acceptors (Lipinski definition) is 10. The number of rotatable bonds is 3. The van der Waals surface area contributed by atoms with Gasteiger partial charge in [0, 0.05) is 36.5 Å². The summed E-state index contributed by atoms with van der Waals surface area (Å²) in [4.78, 5) is 51.5. The normalized spacial score (nSPS) is 58.2. The summed E-state index contributed by atoms with van der Waals surface area (Å²) in [5, 5.41) is 0. The van der Waals surface area contributed by atoms with E-state index in [1.54, 1.807) is 0 Å². The van der Waals surface area contributed by atoms with Crippen LogP contribution in [0.4, 0.5) is 0 Å². The number of esters is 2. The third kappa shape index (κ3) is 3.38. The summed E-state index contributed by atoms with van der Waals surface area (Å²) in [7, 11) is 0. The van der Waals surface area contributed by atoms with Gasteiger partial charge in [-0.05, 0) is 77.0 Å². The Morgan fingerprint density at radius 1 is 0.600 bits per heavy atom. The summed E-state index contributed by atoms with van der Waals surface area (Å²) >= 11 is 0. The quantitative estimate of drug-likeness (QED) is 0.359. The Bertz CT molecular complexity index is 1010. The SMILES string of the molecule is C[C@@H]1CC[C@H]2C(CCC3C(=O)O[C@@H]4O[C@@]5(C)CC[C@H]6[C@H](C)CC[C@@H]3[C@@]46OO5)C(=O)O[C@@H]3O[C@@]4(C)CC[C@@H]1[C@]32OO4. The molecular formula is C30H42O10. The average Bonchev–Trinajstić information content (AvgIpc) is 3.28. The summed E-state index contributed by atoms with van der Waals surface area (Å²) < 4.78 is 24.6. The van der Waals surface area contributed by atoms with Crippen LogP contribution in [0.1, 0.15) is 91.9 Å². The molecule has 10 nitrogen and oxygen atoms in total. The van der Waals surface area contributed by atoms with Gasteiger partial charge >= 0.3 is 11.9 Å². The number of fused-ring (bicyclic) bond motifs is 4. The van der Waals surface area contributed by atoms with E-state index in [4.69, 9.17) is 38.5 Å². The zero-order chi connectivity index (χ0) is 27.7. The first-order valence-electron chi connectivity index (χ1n) is 15.6. The molecule has 8 heterocycles. The minimum Gasteiger partial charge on any atom is -0.432 e. The fourth-order valence-corrected chi connectivity index (χ4v) is 10.2. The van der Waals surface area contributed by atoms with Crippen LogP contribution in [-0.4, -0.2) is 47.3 Å². The van der Waals surface area contributed by atoms with E-state index in [1.807, 2.05) is 13.8 Å². The van der Waals surface area contributed by atoms with Crippen LogP contribution >= 0.6 is 0 Å². The summed E-state index contributed by atoms with van der Waals surface area (Å²) in [6, 6.07) is 0. The van der Waals surface area contributed by atoms with Crippen LogP contribution in [-0.2, 0) is 48.1 Å². The molecule has 2 aliphatic carbocycles. The number of carbonyl (C=O) groups excluding carboxylic acids is 2. The van der Waals surface area contributed by atoms with Crippen molar-refractivity contribution in [3.8, 4) is 0 Å². The van der Waals surface area contributed by atoms with E-state index in [-0.39, 0.29) is 35.6 Å². The number of hydrogen-bond donors (Lipinski definition) is 0. The van der Waals surface area contributed by atoms with Crippen molar-refractivity contribution in [2.24, 2.45) is 47.3 Å². The highest BCUT2D eigenvalue weighted by atomic mass is 17.3. The third-order valence-corrected chi connectivity index (χ3v) is 12.4. The molecule has 40 heavy (non-hydrogen) atoms. The smallest absolute Gasteiger partial charge is 0.311 e. The maximum absolute atomic E-state index is 13.6. The Morgan fingerprint density at radius 3 is 1.45 bits per heavy atom. The van der Waals surface area contributed by atoms with Crippen LogP contribution in [0.15, 0.2) is 0 Å². The highest BCUT2D eigenvalue weighted by Crippen LogP contribution is 2.63. The lowest BCUT2D eigenvalue weighted by atomic mass is 9.56. The van der Waals surface area contributed by atoms with Crippen LogP contribution in [0.5, 0.6) is 0 Å². The van der Waals surface area contributed by atoms with Crippen molar-refractivity contribution >= 4 is 11.9 Å². The molecule has 0 amide bonds. The molecule has 0 aromatic heterocycles. The molecule has 10 heteroatoms. The van der Waals surface area contributed by atoms with E-state index >= 15 is 0 Å². The zero-order valence-corrected chi connectivity index (χ0v) is 23.9. The highest BCUT2D eigenvalue weighted by Gasteiger charge is 2.72. The molecule has 10 rings (SSSR count). The highest BCUT2D eigenvalue weighted by molar-refractivity contribution is 5.76. The van der Waals surface area contributed by atoms with Gasteiger partial charge in [-0.25, -0.2) is 19.6 Å². The first kappa shape index (κ1) is 26.3. The van der Waals surface area contributed by atoms with Crippen LogP contribution in [0.25, 0.3) is 0 Å². The molecule has 2 unspecified atom stereocenters. The van der Waals surface area contributed by atoms with Crippen molar-refractivity contribution in [3.63, 3.8) is 0 Å². The molecule has 222 valence electrons. The molecule has 0 radical (unpaired) electrons. The summed E-state index contributed by atoms with van der Waals surface area (Å²) in [6.45, 7) is 8.21. The van der Waals surface area contributed by atoms with Gasteiger partial charge in [-0.3, -0.25) is 9.59 Å². The van der Waals surface area contributed by atoms with Gasteiger partial charge in [0.15, 0.2) is 11.2 Å². The van der Waals surface area contributed by atoms with E-state index in [2.05, 4.69) is 13.8 Å². The largest absolute Gasteiger partial charge is 0.432 e. The molecule has 0 aromatic rings. The van der Waals surface area contributed by atoms with Gasteiger partial charge < -0.3 is 18.9 Å². The van der Waals surface area contributed by atoms with Gasteiger partial charge in [-0.1, -0.05) is 13.8 Å². The van der Waals surface area contributed by atoms with Crippen molar-refractivity contribution < 1.29 is 48.1 Å². The molecule has 0 aromatic carbocycles. The lowest BCUT2D eigenvalue weighted by Crippen LogP contribution is -2.70. The van der Waals surface area contributed by atoms with E-state index in [0.29, 0.717) is 37.5 Å². The fraction of sp³-hybridized carbons (Fsp3) is 0.933. The lowest BCUT2D eigenvalue weighted by molar-refractivity contribution is -0.560. The van der Waals surface area contributed by atoms with Crippen molar-refractivity contribution in [1.29, 1.82) is 0 Å². The van der Waals surface area contributed by atoms with Crippen molar-refractivity contribution in [1.82, 2.24) is 0 Å². The second kappa shape index (κ2) is 8.63. The molecule has 4 bridgehead atoms. The topological polar surface area (TPSA) is 108 Å². The number of ether oxygens (including phenoxy) is 4. The van der Waals surface area contributed by atoms with Crippen LogP contribution in [0, 0.1) is 47.3 Å². The van der Waals surface area contributed by atoms with Gasteiger partial charge in [-0.2, -0.15) is 0 Å². The van der Waals surface area contributed by atoms with Crippen molar-refractivity contribution in [2.75, 3.05) is 0 Å². The minimum absolute atomic E-state index is 0.108. The fourth-order valence-electron chi connectivity index (χ4n) is 10.2. The Balaban J connectivity index is 1.09. The van der Waals surface area contributed by atoms with Gasteiger partial charge in [-0.15, -0.1) is 0 Å². The second-order valence-corrected chi connectivity index (χ2v) is 14.5. The van der Waals surface area contributed by atoms with E-state index in [0.717, 1.165) is 38.5 Å². The van der Waals surface area contributed by atoms with Gasteiger partial charge in [0.25, 0.3) is 0 Å². The second-order valence-electron chi connectivity index (χ2n) is 14.5. The zero-order valence-electron chi connectivity index (χ0n) is 23.9. The van der Waals surface area contributed by atoms with Crippen LogP contribution in [0.3, 0.4) is 0 Å². The summed E-state index contributed by atoms with van der Waals surface area (Å²) in [5.74, 6) is -2.28. The van der Waals surface area contributed by atoms with E-state index < -0.39 is 47.2 Å². The Morgan fingerprint density at radius 2 is 1.02 bits per heavy atom. The third-order valence-electron chi connectivity index (χ3n) is 12.4. The monoisotopic (exact) mass is 562 g/mol. The first-order valence-corrected chi connectivity index (χ1v) is 15.6. The van der Waals surface area contributed by atoms with Gasteiger partial charge in [0.2, 0.25) is 24.2 Å². The van der Waals surface area contributed by atoms with Crippen molar-refractivity contribution in [3.05, 3.63) is 0 Å². The first-order chi connectivity index (χ1) is 19.1.